The number of hydrogen-bond acceptors (Lipinski definition) is 2. The molecule has 4 nitrogen and oxygen atoms in total. The number of rotatable bonds is 0. The Morgan fingerprint density at radius 3 is 3.17 bits per heavy atom. The van der Waals surface area contributed by atoms with Crippen molar-refractivity contribution in [3.8, 4) is 0 Å². The Balaban J connectivity index is 3.07. The first kappa shape index (κ1) is 7.54. The van der Waals surface area contributed by atoms with E-state index in [2.05, 4.69) is 26.1 Å². The highest BCUT2D eigenvalue weighted by Gasteiger charge is 2.05. The van der Waals surface area contributed by atoms with Crippen molar-refractivity contribution >= 4 is 26.8 Å². The highest BCUT2D eigenvalue weighted by atomic mass is 79.9. The van der Waals surface area contributed by atoms with Crippen molar-refractivity contribution < 1.29 is 0 Å². The highest BCUT2D eigenvalue weighted by molar-refractivity contribution is 9.10. The maximum Gasteiger partial charge on any atom is 0.276 e. The molecule has 2 heterocycles. The molecule has 0 spiro atoms. The van der Waals surface area contributed by atoms with Crippen molar-refractivity contribution in [3.63, 3.8) is 0 Å². The zero-order valence-corrected chi connectivity index (χ0v) is 7.92. The van der Waals surface area contributed by atoms with Crippen LogP contribution in [0.4, 0.5) is 0 Å². The van der Waals surface area contributed by atoms with E-state index in [1.165, 1.54) is 4.57 Å². The van der Waals surface area contributed by atoms with E-state index < -0.39 is 0 Å². The topological polar surface area (TPSA) is 50.7 Å². The van der Waals surface area contributed by atoms with Crippen LogP contribution in [0.1, 0.15) is 0 Å². The second kappa shape index (κ2) is 2.45. The molecule has 0 aliphatic carbocycles. The third-order valence-corrected chi connectivity index (χ3v) is 2.37. The van der Waals surface area contributed by atoms with E-state index in [9.17, 15) is 4.79 Å². The molecular weight excluding hydrogens is 222 g/mol. The SMILES string of the molecule is Cn1cc(Br)c2cn[nH]c2c1=O. The van der Waals surface area contributed by atoms with Crippen molar-refractivity contribution in [1.82, 2.24) is 14.8 Å². The molecule has 0 saturated carbocycles. The van der Waals surface area contributed by atoms with Gasteiger partial charge in [0.05, 0.1) is 6.20 Å². The van der Waals surface area contributed by atoms with Crippen LogP contribution in [0.3, 0.4) is 0 Å². The fourth-order valence-corrected chi connectivity index (χ4v) is 1.71. The third-order valence-electron chi connectivity index (χ3n) is 1.74. The van der Waals surface area contributed by atoms with Gasteiger partial charge in [0.15, 0.2) is 0 Å². The van der Waals surface area contributed by atoms with Gasteiger partial charge in [-0.2, -0.15) is 5.10 Å². The van der Waals surface area contributed by atoms with Gasteiger partial charge in [-0.1, -0.05) is 0 Å². The Hall–Kier alpha value is -1.10. The number of aromatic amines is 1. The van der Waals surface area contributed by atoms with Crippen LogP contribution in [0.25, 0.3) is 10.9 Å². The Labute approximate surface area is 76.3 Å². The second-order valence-corrected chi connectivity index (χ2v) is 3.41. The fraction of sp³-hybridized carbons (Fsp3) is 0.143. The average Bonchev–Trinajstić information content (AvgIpc) is 2.48. The summed E-state index contributed by atoms with van der Waals surface area (Å²) in [7, 11) is 1.70. The molecule has 2 aromatic rings. The van der Waals surface area contributed by atoms with Crippen LogP contribution < -0.4 is 5.56 Å². The van der Waals surface area contributed by atoms with Crippen molar-refractivity contribution in [2.75, 3.05) is 0 Å². The molecule has 0 radical (unpaired) electrons. The molecule has 2 rings (SSSR count). The van der Waals surface area contributed by atoms with Crippen LogP contribution in [-0.4, -0.2) is 14.8 Å². The fourth-order valence-electron chi connectivity index (χ4n) is 1.10. The molecule has 0 unspecified atom stereocenters. The third kappa shape index (κ3) is 0.896. The minimum absolute atomic E-state index is 0.0642. The predicted molar refractivity (Wildman–Crippen MR) is 49.0 cm³/mol. The highest BCUT2D eigenvalue weighted by Crippen LogP contribution is 2.17. The lowest BCUT2D eigenvalue weighted by molar-refractivity contribution is 0.864. The maximum atomic E-state index is 11.4. The molecule has 0 bridgehead atoms. The van der Waals surface area contributed by atoms with Crippen molar-refractivity contribution in [3.05, 3.63) is 27.2 Å². The molecule has 2 aromatic heterocycles. The van der Waals surface area contributed by atoms with E-state index >= 15 is 0 Å². The van der Waals surface area contributed by atoms with Gasteiger partial charge in [-0.3, -0.25) is 9.89 Å². The lowest BCUT2D eigenvalue weighted by Gasteiger charge is -1.97. The first-order valence-electron chi connectivity index (χ1n) is 3.38. The number of halogens is 1. The molecule has 0 aromatic carbocycles. The van der Waals surface area contributed by atoms with E-state index in [1.807, 2.05) is 0 Å². The van der Waals surface area contributed by atoms with Crippen LogP contribution >= 0.6 is 15.9 Å². The monoisotopic (exact) mass is 227 g/mol. The quantitative estimate of drug-likeness (QED) is 0.731. The van der Waals surface area contributed by atoms with Crippen molar-refractivity contribution in [2.24, 2.45) is 7.05 Å². The van der Waals surface area contributed by atoms with Crippen LogP contribution in [-0.2, 0) is 7.05 Å². The number of hydrogen-bond donors (Lipinski definition) is 1. The summed E-state index contributed by atoms with van der Waals surface area (Å²) in [6.45, 7) is 0. The minimum Gasteiger partial charge on any atom is -0.316 e. The van der Waals surface area contributed by atoms with E-state index in [0.29, 0.717) is 5.52 Å². The van der Waals surface area contributed by atoms with Gasteiger partial charge in [0.1, 0.15) is 5.52 Å². The number of nitrogens with zero attached hydrogens (tertiary/aromatic N) is 2. The molecule has 0 fully saturated rings. The molecule has 62 valence electrons. The van der Waals surface area contributed by atoms with Gasteiger partial charge in [-0.25, -0.2) is 0 Å². The van der Waals surface area contributed by atoms with Gasteiger partial charge in [0.25, 0.3) is 5.56 Å². The number of H-pyrrole nitrogens is 1. The molecule has 0 amide bonds. The Kier molecular flexibility index (Phi) is 1.54. The Bertz CT molecular complexity index is 485. The lowest BCUT2D eigenvalue weighted by atomic mass is 10.3. The number of aryl methyl sites for hydroxylation is 1. The Morgan fingerprint density at radius 1 is 1.67 bits per heavy atom. The minimum atomic E-state index is -0.0642. The second-order valence-electron chi connectivity index (χ2n) is 2.55. The van der Waals surface area contributed by atoms with E-state index in [0.717, 1.165) is 9.86 Å². The lowest BCUT2D eigenvalue weighted by Crippen LogP contribution is -2.16. The average molecular weight is 228 g/mol. The normalized spacial score (nSPS) is 10.8. The van der Waals surface area contributed by atoms with Crippen LogP contribution in [0.2, 0.25) is 0 Å². The largest absolute Gasteiger partial charge is 0.316 e. The maximum absolute atomic E-state index is 11.4. The summed E-state index contributed by atoms with van der Waals surface area (Å²) in [4.78, 5) is 11.4. The summed E-state index contributed by atoms with van der Waals surface area (Å²) in [5.41, 5.74) is 0.470. The molecule has 0 aliphatic heterocycles. The number of fused-ring (bicyclic) bond motifs is 1. The number of nitrogens with one attached hydrogen (secondary N) is 1. The van der Waals surface area contributed by atoms with Crippen LogP contribution in [0.15, 0.2) is 21.7 Å². The molecule has 0 saturated heterocycles. The van der Waals surface area contributed by atoms with Crippen LogP contribution in [0, 0.1) is 0 Å². The number of aromatic nitrogens is 3. The number of pyridine rings is 1. The van der Waals surface area contributed by atoms with Gasteiger partial charge in [-0.15, -0.1) is 0 Å². The molecular formula is C7H6BrN3O. The smallest absolute Gasteiger partial charge is 0.276 e. The van der Waals surface area contributed by atoms with Gasteiger partial charge < -0.3 is 4.57 Å². The molecule has 1 N–H and O–H groups in total. The summed E-state index contributed by atoms with van der Waals surface area (Å²) < 4.78 is 2.37. The van der Waals surface area contributed by atoms with E-state index in [-0.39, 0.29) is 5.56 Å². The molecule has 12 heavy (non-hydrogen) atoms. The molecule has 0 aliphatic rings. The first-order chi connectivity index (χ1) is 5.70. The van der Waals surface area contributed by atoms with Crippen molar-refractivity contribution in [2.45, 2.75) is 0 Å². The van der Waals surface area contributed by atoms with Crippen LogP contribution in [0.5, 0.6) is 0 Å². The summed E-state index contributed by atoms with van der Waals surface area (Å²) in [6.07, 6.45) is 3.35. The Morgan fingerprint density at radius 2 is 2.42 bits per heavy atom. The zero-order chi connectivity index (χ0) is 8.72. The van der Waals surface area contributed by atoms with Crippen molar-refractivity contribution in [1.29, 1.82) is 0 Å². The van der Waals surface area contributed by atoms with E-state index in [1.54, 1.807) is 19.4 Å². The van der Waals surface area contributed by atoms with Gasteiger partial charge >= 0.3 is 0 Å². The first-order valence-corrected chi connectivity index (χ1v) is 4.17. The predicted octanol–water partition coefficient (Wildman–Crippen LogP) is 1.02. The standard InChI is InChI=1S/C7H6BrN3O/c1-11-3-5(8)4-2-9-10-6(4)7(11)12/h2-3H,1H3,(H,9,10). The van der Waals surface area contributed by atoms with E-state index in [4.69, 9.17) is 0 Å². The zero-order valence-electron chi connectivity index (χ0n) is 6.34. The van der Waals surface area contributed by atoms with Gasteiger partial charge in [0, 0.05) is 23.1 Å². The summed E-state index contributed by atoms with van der Waals surface area (Å²) in [5, 5.41) is 7.27. The van der Waals surface area contributed by atoms with Gasteiger partial charge in [0.2, 0.25) is 0 Å². The van der Waals surface area contributed by atoms with Gasteiger partial charge in [-0.05, 0) is 15.9 Å². The summed E-state index contributed by atoms with van der Waals surface area (Å²) in [5.74, 6) is 0. The summed E-state index contributed by atoms with van der Waals surface area (Å²) in [6, 6.07) is 0. The summed E-state index contributed by atoms with van der Waals surface area (Å²) >= 11 is 3.34. The molecule has 0 atom stereocenters. The molecule has 5 heteroatoms.